The molecule has 6 nitrogen and oxygen atoms in total. The molecule has 0 fully saturated rings. The number of thiophene rings is 1. The van der Waals surface area contributed by atoms with Gasteiger partial charge in [0.2, 0.25) is 5.91 Å². The van der Waals surface area contributed by atoms with Crippen LogP contribution in [0.3, 0.4) is 0 Å². The first kappa shape index (κ1) is 17.2. The van der Waals surface area contributed by atoms with Crippen LogP contribution >= 0.6 is 11.3 Å². The van der Waals surface area contributed by atoms with E-state index in [2.05, 4.69) is 4.98 Å². The molecular weight excluding hydrogens is 338 g/mol. The Bertz CT molecular complexity index is 971. The zero-order valence-corrected chi connectivity index (χ0v) is 15.3. The van der Waals surface area contributed by atoms with Gasteiger partial charge in [-0.25, -0.2) is 9.78 Å². The summed E-state index contributed by atoms with van der Waals surface area (Å²) in [5, 5.41) is 9.47. The summed E-state index contributed by atoms with van der Waals surface area (Å²) in [5.41, 5.74) is 1.96. The van der Waals surface area contributed by atoms with Crippen LogP contribution in [0.5, 0.6) is 0 Å². The Kier molecular flexibility index (Phi) is 4.34. The Morgan fingerprint density at radius 2 is 2.04 bits per heavy atom. The molecule has 3 heterocycles. The number of carbonyl (C=O) groups is 2. The van der Waals surface area contributed by atoms with Crippen molar-refractivity contribution in [1.29, 1.82) is 0 Å². The van der Waals surface area contributed by atoms with Crippen molar-refractivity contribution in [2.75, 3.05) is 11.9 Å². The molecule has 0 bridgehead atoms. The molecule has 1 N–H and O–H groups in total. The lowest BCUT2D eigenvalue weighted by Gasteiger charge is -2.20. The lowest BCUT2D eigenvalue weighted by atomic mass is 10.1. The molecule has 0 aliphatic rings. The molecule has 1 amide bonds. The number of aromatic carboxylic acids is 1. The van der Waals surface area contributed by atoms with Crippen molar-refractivity contribution in [2.24, 2.45) is 5.92 Å². The van der Waals surface area contributed by atoms with Crippen LogP contribution in [0.15, 0.2) is 30.6 Å². The smallest absolute Gasteiger partial charge is 0.337 e. The molecule has 130 valence electrons. The van der Waals surface area contributed by atoms with Gasteiger partial charge in [0.25, 0.3) is 0 Å². The van der Waals surface area contributed by atoms with Crippen molar-refractivity contribution in [2.45, 2.75) is 20.8 Å². The van der Waals surface area contributed by atoms with Crippen LogP contribution < -0.4 is 4.90 Å². The molecule has 3 aromatic heterocycles. The number of hydrogen-bond donors (Lipinski definition) is 1. The minimum Gasteiger partial charge on any atom is -0.478 e. The molecule has 0 radical (unpaired) electrons. The van der Waals surface area contributed by atoms with Crippen molar-refractivity contribution >= 4 is 34.5 Å². The summed E-state index contributed by atoms with van der Waals surface area (Å²) in [7, 11) is 1.65. The van der Waals surface area contributed by atoms with Crippen molar-refractivity contribution < 1.29 is 14.7 Å². The number of imidazole rings is 1. The molecule has 0 atom stereocenters. The number of aryl methyl sites for hydroxylation is 1. The second-order valence-corrected chi connectivity index (χ2v) is 7.51. The topological polar surface area (TPSA) is 74.9 Å². The van der Waals surface area contributed by atoms with Crippen molar-refractivity contribution in [3.05, 3.63) is 41.0 Å². The molecular formula is C18H19N3O3S. The average Bonchev–Trinajstić information content (AvgIpc) is 3.17. The van der Waals surface area contributed by atoms with Crippen LogP contribution in [0.4, 0.5) is 5.69 Å². The van der Waals surface area contributed by atoms with E-state index in [0.717, 1.165) is 15.4 Å². The first-order valence-corrected chi connectivity index (χ1v) is 8.70. The van der Waals surface area contributed by atoms with Gasteiger partial charge in [-0.05, 0) is 25.1 Å². The minimum absolute atomic E-state index is 0.0963. The van der Waals surface area contributed by atoms with Gasteiger partial charge in [0, 0.05) is 24.0 Å². The zero-order chi connectivity index (χ0) is 18.3. The summed E-state index contributed by atoms with van der Waals surface area (Å²) in [6.45, 7) is 5.63. The van der Waals surface area contributed by atoms with Gasteiger partial charge in [-0.2, -0.15) is 0 Å². The maximum Gasteiger partial charge on any atom is 0.337 e. The van der Waals surface area contributed by atoms with Gasteiger partial charge in [0.15, 0.2) is 5.65 Å². The van der Waals surface area contributed by atoms with Crippen LogP contribution in [0, 0.1) is 12.8 Å². The summed E-state index contributed by atoms with van der Waals surface area (Å²) in [6, 6.07) is 5.49. The molecule has 25 heavy (non-hydrogen) atoms. The summed E-state index contributed by atoms with van der Waals surface area (Å²) in [6.07, 6.45) is 3.26. The Labute approximate surface area is 149 Å². The van der Waals surface area contributed by atoms with Gasteiger partial charge < -0.3 is 10.0 Å². The van der Waals surface area contributed by atoms with Crippen LogP contribution in [-0.4, -0.2) is 33.4 Å². The molecule has 7 heteroatoms. The Morgan fingerprint density at radius 1 is 1.32 bits per heavy atom. The Morgan fingerprint density at radius 3 is 2.60 bits per heavy atom. The normalized spacial score (nSPS) is 11.2. The van der Waals surface area contributed by atoms with E-state index >= 15 is 0 Å². The van der Waals surface area contributed by atoms with Gasteiger partial charge in [-0.1, -0.05) is 13.8 Å². The fourth-order valence-corrected chi connectivity index (χ4v) is 3.57. The maximum absolute atomic E-state index is 12.4. The molecule has 0 aliphatic carbocycles. The number of pyridine rings is 1. The predicted molar refractivity (Wildman–Crippen MR) is 98.4 cm³/mol. The fraction of sp³-hybridized carbons (Fsp3) is 0.278. The number of carboxylic acid groups (broad SMARTS) is 1. The standard InChI is InChI=1S/C18H19N3O3S/c1-10(2)17(22)20(4)13-7-12(18(23)24)9-21-14(8-19-16(13)21)15-6-5-11(3)25-15/h5-10H,1-4H3,(H,23,24). The third kappa shape index (κ3) is 3.02. The van der Waals surface area contributed by atoms with Crippen molar-refractivity contribution in [1.82, 2.24) is 9.38 Å². The number of anilines is 1. The van der Waals surface area contributed by atoms with Gasteiger partial charge in [-0.3, -0.25) is 9.20 Å². The maximum atomic E-state index is 12.4. The first-order valence-electron chi connectivity index (χ1n) is 7.88. The summed E-state index contributed by atoms with van der Waals surface area (Å²) >= 11 is 1.61. The average molecular weight is 357 g/mol. The number of hydrogen-bond acceptors (Lipinski definition) is 4. The van der Waals surface area contributed by atoms with Gasteiger partial charge >= 0.3 is 5.97 Å². The van der Waals surface area contributed by atoms with Crippen molar-refractivity contribution in [3.63, 3.8) is 0 Å². The molecule has 0 aliphatic heterocycles. The van der Waals surface area contributed by atoms with E-state index in [1.165, 1.54) is 11.0 Å². The molecule has 0 saturated carbocycles. The molecule has 3 aromatic rings. The van der Waals surface area contributed by atoms with E-state index < -0.39 is 5.97 Å². The lowest BCUT2D eigenvalue weighted by Crippen LogP contribution is -2.31. The van der Waals surface area contributed by atoms with E-state index in [1.807, 2.05) is 32.9 Å². The molecule has 0 saturated heterocycles. The molecule has 3 rings (SSSR count). The minimum atomic E-state index is -1.05. The lowest BCUT2D eigenvalue weighted by molar-refractivity contribution is -0.121. The van der Waals surface area contributed by atoms with Gasteiger partial charge in [0.05, 0.1) is 28.0 Å². The quantitative estimate of drug-likeness (QED) is 0.773. The monoisotopic (exact) mass is 357 g/mol. The van der Waals surface area contributed by atoms with Gasteiger partial charge in [0.1, 0.15) is 0 Å². The largest absolute Gasteiger partial charge is 0.478 e. The Balaban J connectivity index is 2.25. The predicted octanol–water partition coefficient (Wildman–Crippen LogP) is 3.69. The third-order valence-electron chi connectivity index (χ3n) is 4.01. The highest BCUT2D eigenvalue weighted by molar-refractivity contribution is 7.15. The highest BCUT2D eigenvalue weighted by Crippen LogP contribution is 2.32. The highest BCUT2D eigenvalue weighted by Gasteiger charge is 2.22. The van der Waals surface area contributed by atoms with Crippen LogP contribution in [0.1, 0.15) is 29.1 Å². The number of carboxylic acids is 1. The van der Waals surface area contributed by atoms with Crippen LogP contribution in [0.25, 0.3) is 16.2 Å². The number of nitrogens with zero attached hydrogens (tertiary/aromatic N) is 3. The first-order chi connectivity index (χ1) is 11.8. The van der Waals surface area contributed by atoms with Crippen LogP contribution in [0.2, 0.25) is 0 Å². The van der Waals surface area contributed by atoms with E-state index in [0.29, 0.717) is 11.3 Å². The van der Waals surface area contributed by atoms with Crippen LogP contribution in [-0.2, 0) is 4.79 Å². The van der Waals surface area contributed by atoms with Crippen molar-refractivity contribution in [3.8, 4) is 10.6 Å². The number of aromatic nitrogens is 2. The number of rotatable bonds is 4. The molecule has 0 aromatic carbocycles. The zero-order valence-electron chi connectivity index (χ0n) is 14.5. The van der Waals surface area contributed by atoms with E-state index in [9.17, 15) is 14.7 Å². The number of carbonyl (C=O) groups excluding carboxylic acids is 1. The number of fused-ring (bicyclic) bond motifs is 1. The fourth-order valence-electron chi connectivity index (χ4n) is 2.69. The second kappa shape index (κ2) is 6.33. The summed E-state index contributed by atoms with van der Waals surface area (Å²) in [5.74, 6) is -1.34. The molecule has 0 unspecified atom stereocenters. The second-order valence-electron chi connectivity index (χ2n) is 6.22. The molecule has 0 spiro atoms. The van der Waals surface area contributed by atoms with E-state index in [1.54, 1.807) is 35.2 Å². The third-order valence-corrected chi connectivity index (χ3v) is 5.04. The SMILES string of the molecule is Cc1ccc(-c2cnc3c(N(C)C(=O)C(C)C)cc(C(=O)O)cn23)s1. The number of amides is 1. The van der Waals surface area contributed by atoms with Gasteiger partial charge in [-0.15, -0.1) is 11.3 Å². The summed E-state index contributed by atoms with van der Waals surface area (Å²) in [4.78, 5) is 32.0. The van der Waals surface area contributed by atoms with E-state index in [-0.39, 0.29) is 17.4 Å². The highest BCUT2D eigenvalue weighted by atomic mass is 32.1. The van der Waals surface area contributed by atoms with E-state index in [4.69, 9.17) is 0 Å². The summed E-state index contributed by atoms with van der Waals surface area (Å²) < 4.78 is 1.74. The Hall–Kier alpha value is -2.67.